The zero-order chi connectivity index (χ0) is 53.3. The van der Waals surface area contributed by atoms with E-state index >= 15 is 0 Å². The second kappa shape index (κ2) is 48.3. The lowest BCUT2D eigenvalue weighted by molar-refractivity contribution is -0.301. The van der Waals surface area contributed by atoms with E-state index in [1.54, 1.807) is 6.08 Å². The van der Waals surface area contributed by atoms with Crippen LogP contribution in [0.25, 0.3) is 0 Å². The number of carboxylic acid groups (broad SMARTS) is 1. The number of aliphatic hydroxyl groups excluding tert-OH is 2. The maximum atomic E-state index is 13.1. The number of unbranched alkanes of at least 4 members (excludes halogenated alkanes) is 14. The van der Waals surface area contributed by atoms with Gasteiger partial charge < -0.3 is 39.0 Å². The van der Waals surface area contributed by atoms with Crippen molar-refractivity contribution in [2.75, 3.05) is 13.2 Å². The zero-order valence-electron chi connectivity index (χ0n) is 45.1. The first-order valence-electron chi connectivity index (χ1n) is 27.9. The average Bonchev–Trinajstić information content (AvgIpc) is 3.37. The third-order valence-corrected chi connectivity index (χ3v) is 11.8. The van der Waals surface area contributed by atoms with Gasteiger partial charge in [-0.3, -0.25) is 14.4 Å². The van der Waals surface area contributed by atoms with Gasteiger partial charge in [0.25, 0.3) is 0 Å². The second-order valence-corrected chi connectivity index (χ2v) is 18.5. The van der Waals surface area contributed by atoms with Gasteiger partial charge in [0.2, 0.25) is 0 Å². The third-order valence-electron chi connectivity index (χ3n) is 11.8. The largest absolute Gasteiger partial charge is 0.479 e. The molecule has 12 heteroatoms. The van der Waals surface area contributed by atoms with Crippen LogP contribution in [0.1, 0.15) is 201 Å². The fraction of sp³-hybridized carbons (Fsp3) is 0.639. The molecule has 1 heterocycles. The van der Waals surface area contributed by atoms with E-state index in [1.165, 1.54) is 19.3 Å². The summed E-state index contributed by atoms with van der Waals surface area (Å²) in [7, 11) is 0. The molecule has 0 spiro atoms. The van der Waals surface area contributed by atoms with Gasteiger partial charge in [-0.2, -0.15) is 0 Å². The molecule has 1 rings (SSSR count). The molecule has 73 heavy (non-hydrogen) atoms. The van der Waals surface area contributed by atoms with Crippen molar-refractivity contribution in [2.45, 2.75) is 237 Å². The van der Waals surface area contributed by atoms with Gasteiger partial charge >= 0.3 is 23.9 Å². The van der Waals surface area contributed by atoms with Crippen molar-refractivity contribution in [2.24, 2.45) is 0 Å². The van der Waals surface area contributed by atoms with Gasteiger partial charge in [0.15, 0.2) is 24.6 Å². The molecule has 0 aliphatic carbocycles. The fourth-order valence-corrected chi connectivity index (χ4v) is 7.57. The number of allylic oxidation sites excluding steroid dienone is 17. The Morgan fingerprint density at radius 1 is 0.479 bits per heavy atom. The summed E-state index contributed by atoms with van der Waals surface area (Å²) in [6.45, 7) is 5.65. The van der Waals surface area contributed by atoms with Gasteiger partial charge in [0.1, 0.15) is 18.8 Å². The highest BCUT2D eigenvalue weighted by Crippen LogP contribution is 2.26. The van der Waals surface area contributed by atoms with Crippen LogP contribution < -0.4 is 0 Å². The summed E-state index contributed by atoms with van der Waals surface area (Å²) in [6.07, 6.45) is 52.3. The van der Waals surface area contributed by atoms with Gasteiger partial charge in [0.05, 0.1) is 13.0 Å². The number of carbonyl (C=O) groups is 4. The number of carboxylic acids is 1. The molecule has 1 aliphatic rings. The Bertz CT molecular complexity index is 1690. The monoisotopic (exact) mass is 1020 g/mol. The van der Waals surface area contributed by atoms with Crippen LogP contribution in [-0.4, -0.2) is 89.2 Å². The van der Waals surface area contributed by atoms with Crippen molar-refractivity contribution in [1.82, 2.24) is 0 Å². The molecule has 0 aromatic rings. The molecule has 0 aromatic carbocycles. The minimum atomic E-state index is -1.93. The van der Waals surface area contributed by atoms with Gasteiger partial charge in [-0.1, -0.05) is 188 Å². The standard InChI is InChI=1S/C61H96O12/c1-4-7-10-13-16-19-22-25-27-30-32-35-38-41-44-47-53(62)69-50-52(71-54(63)48-45-42-39-36-34-31-28-26-23-20-17-14-11-8-5-2)51-70-61-59(57(66)56(65)58(73-61)60(67)68)72-55(64)49-46-43-40-37-33-29-24-21-18-15-12-9-6-3/h7,10,12,15-17,19-21,24-28,32,35,41,44,52,56-59,61,65-66H,4-6,8-9,11,13-14,18,22-23,29-31,33-34,36-40,42-43,45-51H2,1-3H3,(H,67,68)/b10-7-,15-12-,19-16-,20-17-,24-21-,27-25-,28-26-,35-32-,44-41-. The van der Waals surface area contributed by atoms with Gasteiger partial charge in [-0.25, -0.2) is 4.79 Å². The van der Waals surface area contributed by atoms with Crippen molar-refractivity contribution in [1.29, 1.82) is 0 Å². The van der Waals surface area contributed by atoms with E-state index in [0.29, 0.717) is 19.3 Å². The summed E-state index contributed by atoms with van der Waals surface area (Å²) < 4.78 is 28.2. The molecular formula is C61H96O12. The SMILES string of the molecule is CC/C=C\C/C=C\C/C=C\C/C=C\C/C=C\CC(=O)OCC(COC1OC(C(=O)O)C(O)C(O)C1OC(=O)CCCCCCC/C=C\C/C=C\CCC)OC(=O)CCCCCCC/C=C\C/C=C\CCCCC. The van der Waals surface area contributed by atoms with Gasteiger partial charge in [0, 0.05) is 12.8 Å². The number of rotatable bonds is 45. The number of esters is 3. The highest BCUT2D eigenvalue weighted by molar-refractivity contribution is 5.74. The first-order valence-corrected chi connectivity index (χ1v) is 27.9. The predicted molar refractivity (Wildman–Crippen MR) is 294 cm³/mol. The molecule has 12 nitrogen and oxygen atoms in total. The highest BCUT2D eigenvalue weighted by atomic mass is 16.7. The van der Waals surface area contributed by atoms with E-state index in [1.807, 2.05) is 12.2 Å². The Balaban J connectivity index is 2.80. The van der Waals surface area contributed by atoms with Crippen LogP contribution in [0.4, 0.5) is 0 Å². The molecule has 1 fully saturated rings. The maximum absolute atomic E-state index is 13.1. The van der Waals surface area contributed by atoms with Crippen molar-refractivity contribution in [3.05, 3.63) is 109 Å². The van der Waals surface area contributed by atoms with Gasteiger partial charge in [-0.15, -0.1) is 0 Å². The number of aliphatic carboxylic acids is 1. The predicted octanol–water partition coefficient (Wildman–Crippen LogP) is 13.9. The first-order chi connectivity index (χ1) is 35.6. The Labute approximate surface area is 440 Å². The highest BCUT2D eigenvalue weighted by Gasteiger charge is 2.50. The lowest BCUT2D eigenvalue weighted by Crippen LogP contribution is -2.61. The first kappa shape index (κ1) is 66.4. The Morgan fingerprint density at radius 3 is 1.44 bits per heavy atom. The summed E-state index contributed by atoms with van der Waals surface area (Å²) in [4.78, 5) is 50.9. The number of ether oxygens (including phenoxy) is 5. The third kappa shape index (κ3) is 38.6. The average molecular weight is 1020 g/mol. The van der Waals surface area contributed by atoms with Crippen LogP contribution in [-0.2, 0) is 42.9 Å². The minimum Gasteiger partial charge on any atom is -0.479 e. The van der Waals surface area contributed by atoms with Crippen molar-refractivity contribution in [3.8, 4) is 0 Å². The van der Waals surface area contributed by atoms with Crippen LogP contribution in [0.3, 0.4) is 0 Å². The molecule has 0 radical (unpaired) electrons. The molecule has 0 aromatic heterocycles. The molecule has 0 amide bonds. The van der Waals surface area contributed by atoms with E-state index in [9.17, 15) is 34.5 Å². The zero-order valence-corrected chi connectivity index (χ0v) is 45.1. The van der Waals surface area contributed by atoms with Crippen molar-refractivity contribution >= 4 is 23.9 Å². The summed E-state index contributed by atoms with van der Waals surface area (Å²) in [6, 6.07) is 0. The second-order valence-electron chi connectivity index (χ2n) is 18.5. The Kier molecular flexibility index (Phi) is 44.0. The molecule has 3 N–H and O–H groups in total. The molecule has 412 valence electrons. The summed E-state index contributed by atoms with van der Waals surface area (Å²) in [5, 5.41) is 31.4. The molecule has 1 saturated heterocycles. The number of hydrogen-bond acceptors (Lipinski definition) is 11. The quantitative estimate of drug-likeness (QED) is 0.0228. The minimum absolute atomic E-state index is 0.0241. The Hall–Kier alpha value is -4.62. The number of hydrogen-bond donors (Lipinski definition) is 3. The lowest BCUT2D eigenvalue weighted by atomic mass is 9.98. The van der Waals surface area contributed by atoms with Crippen LogP contribution in [0.15, 0.2) is 109 Å². The van der Waals surface area contributed by atoms with E-state index < -0.39 is 67.3 Å². The van der Waals surface area contributed by atoms with E-state index in [2.05, 4.69) is 112 Å². The van der Waals surface area contributed by atoms with Crippen LogP contribution in [0.5, 0.6) is 0 Å². The lowest BCUT2D eigenvalue weighted by Gasteiger charge is -2.40. The van der Waals surface area contributed by atoms with Crippen molar-refractivity contribution in [3.63, 3.8) is 0 Å². The van der Waals surface area contributed by atoms with Crippen molar-refractivity contribution < 1.29 is 58.2 Å². The summed E-state index contributed by atoms with van der Waals surface area (Å²) in [5.74, 6) is -3.34. The number of aliphatic hydroxyl groups is 2. The summed E-state index contributed by atoms with van der Waals surface area (Å²) in [5.41, 5.74) is 0. The van der Waals surface area contributed by atoms with E-state index in [-0.39, 0.29) is 25.9 Å². The topological polar surface area (TPSA) is 175 Å². The molecule has 1 aliphatic heterocycles. The molecular weight excluding hydrogens is 925 g/mol. The Morgan fingerprint density at radius 2 is 0.932 bits per heavy atom. The fourth-order valence-electron chi connectivity index (χ4n) is 7.57. The number of carbonyl (C=O) groups excluding carboxylic acids is 3. The molecule has 0 saturated carbocycles. The van der Waals surface area contributed by atoms with E-state index in [0.717, 1.165) is 122 Å². The normalized spacial score (nSPS) is 19.2. The van der Waals surface area contributed by atoms with Crippen LogP contribution in [0.2, 0.25) is 0 Å². The van der Waals surface area contributed by atoms with Crippen LogP contribution >= 0.6 is 0 Å². The maximum Gasteiger partial charge on any atom is 0.335 e. The smallest absolute Gasteiger partial charge is 0.335 e. The molecule has 0 bridgehead atoms. The molecule has 6 unspecified atom stereocenters. The van der Waals surface area contributed by atoms with Crippen LogP contribution in [0, 0.1) is 0 Å². The van der Waals surface area contributed by atoms with E-state index in [4.69, 9.17) is 23.7 Å². The molecule has 6 atom stereocenters. The van der Waals surface area contributed by atoms with Gasteiger partial charge in [-0.05, 0) is 103 Å². The summed E-state index contributed by atoms with van der Waals surface area (Å²) >= 11 is 0.